The van der Waals surface area contributed by atoms with Crippen LogP contribution in [0.5, 0.6) is 0 Å². The van der Waals surface area contributed by atoms with Gasteiger partial charge in [-0.05, 0) is 47.9 Å². The first-order chi connectivity index (χ1) is 8.17. The van der Waals surface area contributed by atoms with Crippen LogP contribution >= 0.6 is 0 Å². The van der Waals surface area contributed by atoms with E-state index < -0.39 is 0 Å². The Morgan fingerprint density at radius 3 is 1.82 bits per heavy atom. The minimum atomic E-state index is 0.218. The molecule has 0 heterocycles. The van der Waals surface area contributed by atoms with Crippen LogP contribution in [0.2, 0.25) is 0 Å². The Morgan fingerprint density at radius 1 is 0.941 bits per heavy atom. The van der Waals surface area contributed by atoms with Gasteiger partial charge in [0.15, 0.2) is 0 Å². The molecular formula is C16H27N. The average molecular weight is 233 g/mol. The molecule has 1 aromatic rings. The minimum Gasteiger partial charge on any atom is -0.324 e. The van der Waals surface area contributed by atoms with Gasteiger partial charge in [-0.15, -0.1) is 0 Å². The van der Waals surface area contributed by atoms with Crippen molar-refractivity contribution >= 4 is 0 Å². The molecule has 2 N–H and O–H groups in total. The van der Waals surface area contributed by atoms with Crippen molar-refractivity contribution in [1.29, 1.82) is 0 Å². The monoisotopic (exact) mass is 233 g/mol. The van der Waals surface area contributed by atoms with Crippen LogP contribution < -0.4 is 5.73 Å². The van der Waals surface area contributed by atoms with E-state index in [0.717, 1.165) is 32.1 Å². The predicted molar refractivity (Wildman–Crippen MR) is 76.4 cm³/mol. The van der Waals surface area contributed by atoms with Gasteiger partial charge in [0.05, 0.1) is 0 Å². The van der Waals surface area contributed by atoms with Crippen LogP contribution in [0.4, 0.5) is 0 Å². The molecule has 17 heavy (non-hydrogen) atoms. The Morgan fingerprint density at radius 2 is 1.47 bits per heavy atom. The molecule has 0 saturated carbocycles. The quantitative estimate of drug-likeness (QED) is 0.784. The molecule has 1 heteroatoms. The predicted octanol–water partition coefficient (Wildman–Crippen LogP) is 4.17. The van der Waals surface area contributed by atoms with E-state index in [1.807, 2.05) is 0 Å². The standard InChI is InChI=1S/C16H27N/c1-5-9-15(17)16-13(7-3)10-12(6-2)11-14(16)8-4/h10-11,15H,5-9,17H2,1-4H3. The van der Waals surface area contributed by atoms with Crippen molar-refractivity contribution in [2.75, 3.05) is 0 Å². The smallest absolute Gasteiger partial charge is 0.0300 e. The second-order valence-electron chi connectivity index (χ2n) is 4.78. The molecule has 1 nitrogen and oxygen atoms in total. The molecule has 0 amide bonds. The van der Waals surface area contributed by atoms with Crippen LogP contribution in [0.15, 0.2) is 12.1 Å². The van der Waals surface area contributed by atoms with Crippen LogP contribution in [-0.4, -0.2) is 0 Å². The van der Waals surface area contributed by atoms with Gasteiger partial charge in [0, 0.05) is 6.04 Å². The Hall–Kier alpha value is -0.820. The molecule has 1 aromatic carbocycles. The third-order valence-electron chi connectivity index (χ3n) is 3.55. The summed E-state index contributed by atoms with van der Waals surface area (Å²) < 4.78 is 0. The maximum Gasteiger partial charge on any atom is 0.0300 e. The van der Waals surface area contributed by atoms with Gasteiger partial charge in [-0.25, -0.2) is 0 Å². The summed E-state index contributed by atoms with van der Waals surface area (Å²) in [6.07, 6.45) is 5.54. The van der Waals surface area contributed by atoms with Gasteiger partial charge in [0.25, 0.3) is 0 Å². The third kappa shape index (κ3) is 3.32. The summed E-state index contributed by atoms with van der Waals surface area (Å²) in [5.41, 5.74) is 12.1. The number of rotatable bonds is 6. The lowest BCUT2D eigenvalue weighted by atomic mass is 9.88. The fourth-order valence-corrected chi connectivity index (χ4v) is 2.57. The van der Waals surface area contributed by atoms with Crippen LogP contribution in [0.1, 0.15) is 68.8 Å². The number of hydrogen-bond donors (Lipinski definition) is 1. The molecule has 0 fully saturated rings. The summed E-state index contributed by atoms with van der Waals surface area (Å²) in [5.74, 6) is 0. The Kier molecular flexibility index (Phi) is 5.70. The molecule has 0 aliphatic carbocycles. The first-order valence-electron chi connectivity index (χ1n) is 7.07. The molecule has 0 aliphatic rings. The van der Waals surface area contributed by atoms with Gasteiger partial charge in [-0.1, -0.05) is 46.2 Å². The lowest BCUT2D eigenvalue weighted by molar-refractivity contribution is 0.626. The number of hydrogen-bond acceptors (Lipinski definition) is 1. The van der Waals surface area contributed by atoms with E-state index in [1.54, 1.807) is 0 Å². The van der Waals surface area contributed by atoms with E-state index >= 15 is 0 Å². The summed E-state index contributed by atoms with van der Waals surface area (Å²) >= 11 is 0. The number of benzene rings is 1. The summed E-state index contributed by atoms with van der Waals surface area (Å²) in [6, 6.07) is 4.92. The summed E-state index contributed by atoms with van der Waals surface area (Å²) in [4.78, 5) is 0. The molecular weight excluding hydrogens is 206 g/mol. The van der Waals surface area contributed by atoms with E-state index in [-0.39, 0.29) is 6.04 Å². The molecule has 0 saturated heterocycles. The maximum atomic E-state index is 6.35. The molecule has 1 unspecified atom stereocenters. The normalized spacial score (nSPS) is 12.8. The molecule has 0 spiro atoms. The van der Waals surface area contributed by atoms with E-state index in [1.165, 1.54) is 22.3 Å². The third-order valence-corrected chi connectivity index (χ3v) is 3.55. The minimum absolute atomic E-state index is 0.218. The van der Waals surface area contributed by atoms with Gasteiger partial charge in [-0.2, -0.15) is 0 Å². The molecule has 0 aromatic heterocycles. The van der Waals surface area contributed by atoms with Crippen molar-refractivity contribution in [2.45, 2.75) is 65.8 Å². The lowest BCUT2D eigenvalue weighted by Crippen LogP contribution is -2.15. The van der Waals surface area contributed by atoms with E-state index in [0.29, 0.717) is 0 Å². The topological polar surface area (TPSA) is 26.0 Å². The first kappa shape index (κ1) is 14.2. The second kappa shape index (κ2) is 6.80. The highest BCUT2D eigenvalue weighted by molar-refractivity contribution is 5.41. The van der Waals surface area contributed by atoms with Crippen LogP contribution in [0.25, 0.3) is 0 Å². The first-order valence-corrected chi connectivity index (χ1v) is 7.07. The van der Waals surface area contributed by atoms with Crippen LogP contribution in [-0.2, 0) is 19.3 Å². The van der Waals surface area contributed by atoms with Gasteiger partial charge in [-0.3, -0.25) is 0 Å². The zero-order valence-electron chi connectivity index (χ0n) is 11.8. The van der Waals surface area contributed by atoms with Gasteiger partial charge >= 0.3 is 0 Å². The Balaban J connectivity index is 3.23. The Labute approximate surface area is 106 Å². The lowest BCUT2D eigenvalue weighted by Gasteiger charge is -2.21. The van der Waals surface area contributed by atoms with Crippen LogP contribution in [0.3, 0.4) is 0 Å². The molecule has 96 valence electrons. The number of nitrogens with two attached hydrogens (primary N) is 1. The summed E-state index contributed by atoms with van der Waals surface area (Å²) in [5, 5.41) is 0. The highest BCUT2D eigenvalue weighted by Crippen LogP contribution is 2.27. The zero-order valence-corrected chi connectivity index (χ0v) is 11.8. The van der Waals surface area contributed by atoms with Gasteiger partial charge in [0.2, 0.25) is 0 Å². The van der Waals surface area contributed by atoms with E-state index in [9.17, 15) is 0 Å². The zero-order chi connectivity index (χ0) is 12.8. The van der Waals surface area contributed by atoms with Crippen molar-refractivity contribution in [3.8, 4) is 0 Å². The fourth-order valence-electron chi connectivity index (χ4n) is 2.57. The summed E-state index contributed by atoms with van der Waals surface area (Å²) in [6.45, 7) is 8.89. The fraction of sp³-hybridized carbons (Fsp3) is 0.625. The van der Waals surface area contributed by atoms with Crippen molar-refractivity contribution in [1.82, 2.24) is 0 Å². The number of aryl methyl sites for hydroxylation is 3. The molecule has 0 radical (unpaired) electrons. The Bertz CT molecular complexity index is 330. The SMILES string of the molecule is CCCC(N)c1c(CC)cc(CC)cc1CC. The maximum absolute atomic E-state index is 6.35. The molecule has 1 rings (SSSR count). The van der Waals surface area contributed by atoms with Crippen molar-refractivity contribution in [2.24, 2.45) is 5.73 Å². The van der Waals surface area contributed by atoms with Crippen molar-refractivity contribution in [3.05, 3.63) is 34.4 Å². The molecule has 1 atom stereocenters. The second-order valence-corrected chi connectivity index (χ2v) is 4.78. The average Bonchev–Trinajstić information content (AvgIpc) is 2.37. The van der Waals surface area contributed by atoms with Crippen molar-refractivity contribution in [3.63, 3.8) is 0 Å². The van der Waals surface area contributed by atoms with Crippen molar-refractivity contribution < 1.29 is 0 Å². The van der Waals surface area contributed by atoms with Gasteiger partial charge < -0.3 is 5.73 Å². The summed E-state index contributed by atoms with van der Waals surface area (Å²) in [7, 11) is 0. The van der Waals surface area contributed by atoms with E-state index in [2.05, 4.69) is 39.8 Å². The highest BCUT2D eigenvalue weighted by atomic mass is 14.6. The van der Waals surface area contributed by atoms with Gasteiger partial charge in [0.1, 0.15) is 0 Å². The molecule has 0 aliphatic heterocycles. The van der Waals surface area contributed by atoms with Crippen LogP contribution in [0, 0.1) is 0 Å². The largest absolute Gasteiger partial charge is 0.324 e. The molecule has 0 bridgehead atoms. The highest BCUT2D eigenvalue weighted by Gasteiger charge is 2.14. The van der Waals surface area contributed by atoms with E-state index in [4.69, 9.17) is 5.73 Å².